The van der Waals surface area contributed by atoms with Crippen molar-refractivity contribution < 1.29 is 22.7 Å². The largest absolute Gasteiger partial charge is 0.467 e. The number of rotatable bonds is 12. The number of benzene rings is 1. The number of carbonyl (C=O) groups excluding carboxylic acids is 2. The molecule has 0 unspecified atom stereocenters. The van der Waals surface area contributed by atoms with Crippen LogP contribution in [0.4, 0.5) is 0 Å². The van der Waals surface area contributed by atoms with Gasteiger partial charge in [0, 0.05) is 19.4 Å². The highest BCUT2D eigenvalue weighted by atomic mass is 32.2. The van der Waals surface area contributed by atoms with Crippen LogP contribution >= 0.6 is 0 Å². The maximum Gasteiger partial charge on any atom is 0.328 e. The van der Waals surface area contributed by atoms with Crippen LogP contribution in [0.2, 0.25) is 0 Å². The molecular weight excluding hydrogens is 424 g/mol. The fraction of sp³-hybridized carbons (Fsp3) is 0.500. The average molecular weight is 453 g/mol. The zero-order chi connectivity index (χ0) is 22.9. The van der Waals surface area contributed by atoms with E-state index in [4.69, 9.17) is 4.74 Å². The maximum absolute atomic E-state index is 12.3. The van der Waals surface area contributed by atoms with Crippen LogP contribution in [0.3, 0.4) is 0 Å². The summed E-state index contributed by atoms with van der Waals surface area (Å²) in [7, 11) is -2.01. The summed E-state index contributed by atoms with van der Waals surface area (Å²) >= 11 is 0. The number of nitrogens with zero attached hydrogens (tertiary/aromatic N) is 1. The van der Waals surface area contributed by atoms with Crippen molar-refractivity contribution in [3.63, 3.8) is 0 Å². The van der Waals surface area contributed by atoms with E-state index in [0.29, 0.717) is 48.8 Å². The van der Waals surface area contributed by atoms with Gasteiger partial charge in [-0.05, 0) is 37.8 Å². The smallest absolute Gasteiger partial charge is 0.328 e. The van der Waals surface area contributed by atoms with E-state index < -0.39 is 22.0 Å². The summed E-state index contributed by atoms with van der Waals surface area (Å²) in [5, 5.41) is 3.17. The summed E-state index contributed by atoms with van der Waals surface area (Å²) in [4.78, 5) is 43.4. The third-order valence-electron chi connectivity index (χ3n) is 4.58. The molecule has 0 aliphatic heterocycles. The molecule has 0 saturated heterocycles. The van der Waals surface area contributed by atoms with Gasteiger partial charge in [-0.3, -0.25) is 9.59 Å². The number of aryl methyl sites for hydroxylation is 1. The Labute approximate surface area is 180 Å². The summed E-state index contributed by atoms with van der Waals surface area (Å²) in [5.74, 6) is -0.364. The summed E-state index contributed by atoms with van der Waals surface area (Å²) in [5.41, 5.74) is 0.378. The lowest BCUT2D eigenvalue weighted by molar-refractivity contribution is -0.145. The van der Waals surface area contributed by atoms with Crippen molar-refractivity contribution >= 4 is 32.8 Å². The van der Waals surface area contributed by atoms with E-state index in [2.05, 4.69) is 20.0 Å². The summed E-state index contributed by atoms with van der Waals surface area (Å²) in [6, 6.07) is 6.23. The summed E-state index contributed by atoms with van der Waals surface area (Å²) in [6.07, 6.45) is 3.48. The highest BCUT2D eigenvalue weighted by molar-refractivity contribution is 7.88. The second-order valence-electron chi connectivity index (χ2n) is 7.19. The Bertz CT molecular complexity index is 1070. The first-order chi connectivity index (χ1) is 14.7. The van der Waals surface area contributed by atoms with Crippen molar-refractivity contribution in [2.24, 2.45) is 0 Å². The number of hydrogen-bond acceptors (Lipinski definition) is 7. The van der Waals surface area contributed by atoms with Crippen molar-refractivity contribution in [3.05, 3.63) is 40.4 Å². The first-order valence-electron chi connectivity index (χ1n) is 9.99. The molecule has 170 valence electrons. The van der Waals surface area contributed by atoms with Crippen LogP contribution < -0.4 is 15.6 Å². The lowest BCUT2D eigenvalue weighted by Gasteiger charge is -2.16. The van der Waals surface area contributed by atoms with E-state index in [1.807, 2.05) is 0 Å². The Morgan fingerprint density at radius 2 is 1.94 bits per heavy atom. The van der Waals surface area contributed by atoms with Crippen LogP contribution in [0.25, 0.3) is 10.9 Å². The number of carbonyl (C=O) groups is 2. The lowest BCUT2D eigenvalue weighted by atomic mass is 10.1. The number of ether oxygens (including phenoxy) is 1. The molecule has 10 nitrogen and oxygen atoms in total. The Balaban J connectivity index is 1.81. The van der Waals surface area contributed by atoms with Gasteiger partial charge in [0.15, 0.2) is 0 Å². The van der Waals surface area contributed by atoms with Gasteiger partial charge in [0.2, 0.25) is 15.9 Å². The van der Waals surface area contributed by atoms with Gasteiger partial charge in [-0.1, -0.05) is 12.1 Å². The van der Waals surface area contributed by atoms with Gasteiger partial charge in [-0.15, -0.1) is 0 Å². The molecule has 2 rings (SSSR count). The molecule has 0 spiro atoms. The van der Waals surface area contributed by atoms with Gasteiger partial charge in [0.25, 0.3) is 5.56 Å². The summed E-state index contributed by atoms with van der Waals surface area (Å²) in [6.45, 7) is 0.262. The molecule has 0 fully saturated rings. The quantitative estimate of drug-likeness (QED) is 0.316. The van der Waals surface area contributed by atoms with E-state index in [0.717, 1.165) is 6.26 Å². The van der Waals surface area contributed by atoms with Crippen molar-refractivity contribution in [2.75, 3.05) is 19.9 Å². The number of aromatic nitrogens is 2. The molecule has 0 aliphatic rings. The second-order valence-corrected chi connectivity index (χ2v) is 9.02. The van der Waals surface area contributed by atoms with Crippen LogP contribution in [0.1, 0.15) is 37.9 Å². The highest BCUT2D eigenvalue weighted by Crippen LogP contribution is 2.08. The van der Waals surface area contributed by atoms with Crippen LogP contribution in [-0.2, 0) is 30.8 Å². The molecule has 1 amide bonds. The van der Waals surface area contributed by atoms with Gasteiger partial charge in [-0.25, -0.2) is 22.9 Å². The number of nitrogens with one attached hydrogen (secondary N) is 3. The van der Waals surface area contributed by atoms with Crippen molar-refractivity contribution in [3.8, 4) is 0 Å². The third-order valence-corrected chi connectivity index (χ3v) is 5.31. The lowest BCUT2D eigenvalue weighted by Crippen LogP contribution is -2.41. The Morgan fingerprint density at radius 3 is 2.65 bits per heavy atom. The van der Waals surface area contributed by atoms with Gasteiger partial charge in [-0.2, -0.15) is 0 Å². The van der Waals surface area contributed by atoms with Crippen LogP contribution in [0.15, 0.2) is 29.1 Å². The number of para-hydroxylation sites is 1. The molecule has 0 bridgehead atoms. The zero-order valence-electron chi connectivity index (χ0n) is 17.6. The minimum Gasteiger partial charge on any atom is -0.467 e. The molecule has 1 heterocycles. The van der Waals surface area contributed by atoms with Gasteiger partial charge in [0.05, 0.1) is 24.3 Å². The highest BCUT2D eigenvalue weighted by Gasteiger charge is 2.21. The average Bonchev–Trinajstić information content (AvgIpc) is 2.71. The third kappa shape index (κ3) is 8.46. The number of amides is 1. The number of hydrogen-bond donors (Lipinski definition) is 3. The van der Waals surface area contributed by atoms with E-state index in [9.17, 15) is 22.8 Å². The minimum absolute atomic E-state index is 0.152. The molecule has 31 heavy (non-hydrogen) atoms. The number of unbranched alkanes of at least 4 members (excludes halogenated alkanes) is 1. The zero-order valence-corrected chi connectivity index (χ0v) is 18.5. The first kappa shape index (κ1) is 24.5. The molecular formula is C20H28N4O6S. The molecule has 1 aromatic carbocycles. The van der Waals surface area contributed by atoms with Crippen molar-refractivity contribution in [2.45, 2.75) is 44.6 Å². The van der Waals surface area contributed by atoms with Crippen LogP contribution in [0.5, 0.6) is 0 Å². The topological polar surface area (TPSA) is 147 Å². The van der Waals surface area contributed by atoms with Crippen LogP contribution in [-0.4, -0.2) is 56.2 Å². The summed E-state index contributed by atoms with van der Waals surface area (Å²) < 4.78 is 29.2. The predicted molar refractivity (Wildman–Crippen MR) is 116 cm³/mol. The fourth-order valence-corrected chi connectivity index (χ4v) is 3.57. The van der Waals surface area contributed by atoms with Crippen molar-refractivity contribution in [1.82, 2.24) is 20.0 Å². The Morgan fingerprint density at radius 1 is 1.19 bits per heavy atom. The molecule has 1 atom stereocenters. The molecule has 11 heteroatoms. The first-order valence-corrected chi connectivity index (χ1v) is 11.9. The second kappa shape index (κ2) is 11.6. The van der Waals surface area contributed by atoms with E-state index in [-0.39, 0.29) is 24.4 Å². The minimum atomic E-state index is -3.25. The van der Waals surface area contributed by atoms with Gasteiger partial charge < -0.3 is 15.0 Å². The number of aromatic amines is 1. The normalized spacial score (nSPS) is 12.5. The number of H-pyrrole nitrogens is 1. The van der Waals surface area contributed by atoms with E-state index in [1.54, 1.807) is 24.3 Å². The van der Waals surface area contributed by atoms with E-state index in [1.165, 1.54) is 7.11 Å². The number of esters is 1. The van der Waals surface area contributed by atoms with E-state index >= 15 is 0 Å². The maximum atomic E-state index is 12.3. The molecule has 3 N–H and O–H groups in total. The molecule has 1 aromatic heterocycles. The molecule has 0 radical (unpaired) electrons. The SMILES string of the molecule is COC(=O)[C@H](CCCCNS(C)(=O)=O)NC(=O)CCCc1nc2ccccc2c(=O)[nH]1. The molecule has 2 aromatic rings. The number of fused-ring (bicyclic) bond motifs is 1. The van der Waals surface area contributed by atoms with Gasteiger partial charge >= 0.3 is 5.97 Å². The molecule has 0 saturated carbocycles. The standard InChI is InChI=1S/C20H28N4O6S/c1-30-20(27)16(10-5-6-13-21-31(2,28)29)23-18(25)12-7-11-17-22-15-9-4-3-8-14(15)19(26)24-17/h3-4,8-9,16,21H,5-7,10-13H2,1-2H3,(H,23,25)(H,22,24,26)/t16-/m0/s1. The van der Waals surface area contributed by atoms with Gasteiger partial charge in [0.1, 0.15) is 11.9 Å². The predicted octanol–water partition coefficient (Wildman–Crippen LogP) is 0.623. The van der Waals surface area contributed by atoms with Crippen LogP contribution in [0, 0.1) is 0 Å². The monoisotopic (exact) mass is 452 g/mol. The Kier molecular flexibility index (Phi) is 9.13. The Hall–Kier alpha value is -2.79. The number of sulfonamides is 1. The van der Waals surface area contributed by atoms with Crippen molar-refractivity contribution in [1.29, 1.82) is 0 Å². The fourth-order valence-electron chi connectivity index (χ4n) is 3.06. The number of methoxy groups -OCH3 is 1. The molecule has 0 aliphatic carbocycles.